The maximum Gasteiger partial charge on any atom is 0.237 e. The lowest BCUT2D eigenvalue weighted by Gasteiger charge is -2.36. The first kappa shape index (κ1) is 15.1. The van der Waals surface area contributed by atoms with Crippen molar-refractivity contribution in [1.29, 1.82) is 0 Å². The van der Waals surface area contributed by atoms with Crippen LogP contribution < -0.4 is 11.1 Å². The van der Waals surface area contributed by atoms with Gasteiger partial charge in [-0.2, -0.15) is 0 Å². The summed E-state index contributed by atoms with van der Waals surface area (Å²) < 4.78 is 0. The Morgan fingerprint density at radius 2 is 1.82 bits per heavy atom. The van der Waals surface area contributed by atoms with Crippen molar-refractivity contribution in [3.63, 3.8) is 0 Å². The van der Waals surface area contributed by atoms with Gasteiger partial charge >= 0.3 is 0 Å². The predicted octanol–water partition coefficient (Wildman–Crippen LogP) is 2.91. The third-order valence-corrected chi connectivity index (χ3v) is 5.38. The Morgan fingerprint density at radius 1 is 1.14 bits per heavy atom. The van der Waals surface area contributed by atoms with Crippen LogP contribution >= 0.6 is 0 Å². The van der Waals surface area contributed by atoms with Crippen molar-refractivity contribution in [1.82, 2.24) is 5.32 Å². The van der Waals surface area contributed by atoms with Gasteiger partial charge in [0.1, 0.15) is 0 Å². The Bertz CT molecular complexity index is 561. The molecule has 0 aromatic heterocycles. The first-order valence-corrected chi connectivity index (χ1v) is 8.30. The molecule has 1 heterocycles. The van der Waals surface area contributed by atoms with Gasteiger partial charge < -0.3 is 5.73 Å². The standard InChI is InChI=1S/C18H24N2O2/c19-15-7-5-14(6-8-15)18(11-9-13-3-1-2-4-13)12-10-16(21)20-17(18)22/h5-8,13H,1-4,9-12,19H2,(H,20,21,22). The summed E-state index contributed by atoms with van der Waals surface area (Å²) in [6.07, 6.45) is 8.08. The van der Waals surface area contributed by atoms with Gasteiger partial charge in [-0.3, -0.25) is 14.9 Å². The first-order chi connectivity index (χ1) is 10.6. The molecule has 3 rings (SSSR count). The first-order valence-electron chi connectivity index (χ1n) is 8.30. The number of anilines is 1. The molecule has 22 heavy (non-hydrogen) atoms. The lowest BCUT2D eigenvalue weighted by molar-refractivity contribution is -0.138. The summed E-state index contributed by atoms with van der Waals surface area (Å²) in [7, 11) is 0. The number of benzene rings is 1. The minimum atomic E-state index is -0.565. The summed E-state index contributed by atoms with van der Waals surface area (Å²) in [5.41, 5.74) is 6.90. The normalized spacial score (nSPS) is 26.2. The van der Waals surface area contributed by atoms with Crippen LogP contribution in [0.1, 0.15) is 56.9 Å². The molecule has 1 aromatic carbocycles. The average molecular weight is 300 g/mol. The van der Waals surface area contributed by atoms with E-state index in [2.05, 4.69) is 5.32 Å². The van der Waals surface area contributed by atoms with Crippen LogP contribution in [0.4, 0.5) is 5.69 Å². The van der Waals surface area contributed by atoms with E-state index in [1.54, 1.807) is 0 Å². The number of amides is 2. The average Bonchev–Trinajstić information content (AvgIpc) is 3.01. The van der Waals surface area contributed by atoms with Gasteiger partial charge in [-0.25, -0.2) is 0 Å². The molecule has 4 heteroatoms. The quantitative estimate of drug-likeness (QED) is 0.663. The van der Waals surface area contributed by atoms with Crippen LogP contribution in [0, 0.1) is 5.92 Å². The minimum absolute atomic E-state index is 0.133. The monoisotopic (exact) mass is 300 g/mol. The number of rotatable bonds is 4. The Labute approximate surface area is 131 Å². The van der Waals surface area contributed by atoms with Gasteiger partial charge in [-0.1, -0.05) is 37.8 Å². The van der Waals surface area contributed by atoms with E-state index in [0.29, 0.717) is 18.5 Å². The molecule has 2 fully saturated rings. The molecule has 1 aromatic rings. The molecular weight excluding hydrogens is 276 g/mol. The fourth-order valence-electron chi connectivity index (χ4n) is 3.96. The molecule has 1 atom stereocenters. The third kappa shape index (κ3) is 2.87. The zero-order valence-corrected chi connectivity index (χ0v) is 12.9. The second-order valence-electron chi connectivity index (χ2n) is 6.77. The smallest absolute Gasteiger partial charge is 0.237 e. The Morgan fingerprint density at radius 3 is 2.45 bits per heavy atom. The predicted molar refractivity (Wildman–Crippen MR) is 86.1 cm³/mol. The number of nitrogens with one attached hydrogen (secondary N) is 1. The number of carbonyl (C=O) groups excluding carboxylic acids is 2. The molecule has 1 saturated heterocycles. The fraction of sp³-hybridized carbons (Fsp3) is 0.556. The highest BCUT2D eigenvalue weighted by Crippen LogP contribution is 2.40. The summed E-state index contributed by atoms with van der Waals surface area (Å²) in [4.78, 5) is 24.2. The molecule has 0 bridgehead atoms. The topological polar surface area (TPSA) is 72.2 Å². The lowest BCUT2D eigenvalue weighted by atomic mass is 9.69. The zero-order chi connectivity index (χ0) is 15.6. The van der Waals surface area contributed by atoms with Gasteiger partial charge in [0.2, 0.25) is 11.8 Å². The number of piperidine rings is 1. The van der Waals surface area contributed by atoms with Crippen molar-refractivity contribution in [3.8, 4) is 0 Å². The van der Waals surface area contributed by atoms with E-state index in [0.717, 1.165) is 24.3 Å². The third-order valence-electron chi connectivity index (χ3n) is 5.38. The van der Waals surface area contributed by atoms with Crippen LogP contribution in [0.2, 0.25) is 0 Å². The minimum Gasteiger partial charge on any atom is -0.399 e. The molecule has 1 unspecified atom stereocenters. The number of imide groups is 1. The maximum absolute atomic E-state index is 12.7. The SMILES string of the molecule is Nc1ccc(C2(CCC3CCCC3)CCC(=O)NC2=O)cc1. The van der Waals surface area contributed by atoms with Crippen molar-refractivity contribution in [3.05, 3.63) is 29.8 Å². The van der Waals surface area contributed by atoms with Crippen LogP contribution in [-0.4, -0.2) is 11.8 Å². The van der Waals surface area contributed by atoms with Crippen LogP contribution in [0.25, 0.3) is 0 Å². The number of hydrogen-bond acceptors (Lipinski definition) is 3. The summed E-state index contributed by atoms with van der Waals surface area (Å²) in [5.74, 6) is 0.444. The summed E-state index contributed by atoms with van der Waals surface area (Å²) in [6.45, 7) is 0. The van der Waals surface area contributed by atoms with Crippen LogP contribution in [0.3, 0.4) is 0 Å². The number of hydrogen-bond donors (Lipinski definition) is 2. The van der Waals surface area contributed by atoms with Crippen molar-refractivity contribution in [2.24, 2.45) is 5.92 Å². The second-order valence-corrected chi connectivity index (χ2v) is 6.77. The van der Waals surface area contributed by atoms with E-state index in [4.69, 9.17) is 5.73 Å². The Balaban J connectivity index is 1.85. The molecule has 1 saturated carbocycles. The van der Waals surface area contributed by atoms with Crippen LogP contribution in [0.5, 0.6) is 0 Å². The molecule has 3 N–H and O–H groups in total. The van der Waals surface area contributed by atoms with Gasteiger partial charge in [-0.05, 0) is 42.9 Å². The number of carbonyl (C=O) groups is 2. The highest BCUT2D eigenvalue weighted by atomic mass is 16.2. The van der Waals surface area contributed by atoms with E-state index >= 15 is 0 Å². The van der Waals surface area contributed by atoms with Gasteiger partial charge in [0, 0.05) is 12.1 Å². The molecule has 0 radical (unpaired) electrons. The second kappa shape index (κ2) is 6.11. The summed E-state index contributed by atoms with van der Waals surface area (Å²) in [5, 5.41) is 2.55. The van der Waals surface area contributed by atoms with Crippen LogP contribution in [0.15, 0.2) is 24.3 Å². The highest BCUT2D eigenvalue weighted by Gasteiger charge is 2.44. The van der Waals surface area contributed by atoms with Crippen molar-refractivity contribution >= 4 is 17.5 Å². The molecule has 4 nitrogen and oxygen atoms in total. The van der Waals surface area contributed by atoms with Gasteiger partial charge in [0.25, 0.3) is 0 Å². The summed E-state index contributed by atoms with van der Waals surface area (Å²) in [6, 6.07) is 7.57. The van der Waals surface area contributed by atoms with E-state index in [1.165, 1.54) is 25.7 Å². The molecule has 2 aliphatic rings. The molecule has 0 spiro atoms. The molecule has 2 amide bonds. The van der Waals surface area contributed by atoms with Crippen molar-refractivity contribution < 1.29 is 9.59 Å². The highest BCUT2D eigenvalue weighted by molar-refractivity contribution is 6.03. The van der Waals surface area contributed by atoms with Crippen molar-refractivity contribution in [2.75, 3.05) is 5.73 Å². The largest absolute Gasteiger partial charge is 0.399 e. The van der Waals surface area contributed by atoms with Crippen molar-refractivity contribution in [2.45, 2.75) is 56.8 Å². The molecular formula is C18H24N2O2. The zero-order valence-electron chi connectivity index (χ0n) is 12.9. The molecule has 1 aliphatic heterocycles. The van der Waals surface area contributed by atoms with Gasteiger partial charge in [0.05, 0.1) is 5.41 Å². The Kier molecular flexibility index (Phi) is 4.19. The lowest BCUT2D eigenvalue weighted by Crippen LogP contribution is -2.51. The van der Waals surface area contributed by atoms with Gasteiger partial charge in [0.15, 0.2) is 0 Å². The molecule has 118 valence electrons. The van der Waals surface area contributed by atoms with E-state index in [1.807, 2.05) is 24.3 Å². The maximum atomic E-state index is 12.7. The van der Waals surface area contributed by atoms with Crippen LogP contribution in [-0.2, 0) is 15.0 Å². The molecule has 1 aliphatic carbocycles. The fourth-order valence-corrected chi connectivity index (χ4v) is 3.96. The van der Waals surface area contributed by atoms with E-state index in [9.17, 15) is 9.59 Å². The van der Waals surface area contributed by atoms with E-state index in [-0.39, 0.29) is 11.8 Å². The number of nitrogen functional groups attached to an aromatic ring is 1. The van der Waals surface area contributed by atoms with E-state index < -0.39 is 5.41 Å². The number of nitrogens with two attached hydrogens (primary N) is 1. The Hall–Kier alpha value is -1.84. The van der Waals surface area contributed by atoms with Gasteiger partial charge in [-0.15, -0.1) is 0 Å². The summed E-state index contributed by atoms with van der Waals surface area (Å²) >= 11 is 0.